The summed E-state index contributed by atoms with van der Waals surface area (Å²) in [5.41, 5.74) is 0. The second kappa shape index (κ2) is 4.44. The molecule has 0 aromatic rings. The number of nitrogens with zero attached hydrogens (tertiary/aromatic N) is 2. The molecule has 2 amide bonds. The Kier molecular flexibility index (Phi) is 3.17. The molecule has 2 saturated heterocycles. The maximum Gasteiger partial charge on any atom is 0.245 e. The van der Waals surface area contributed by atoms with Crippen LogP contribution in [0.4, 0.5) is 0 Å². The van der Waals surface area contributed by atoms with Gasteiger partial charge in [-0.15, -0.1) is 0 Å². The van der Waals surface area contributed by atoms with E-state index in [9.17, 15) is 9.59 Å². The molecule has 2 aliphatic rings. The minimum atomic E-state index is -0.196. The maximum atomic E-state index is 12.2. The van der Waals surface area contributed by atoms with Crippen molar-refractivity contribution in [2.24, 2.45) is 5.92 Å². The summed E-state index contributed by atoms with van der Waals surface area (Å²) in [6, 6.07) is -0.196. The Morgan fingerprint density at radius 1 is 1.38 bits per heavy atom. The summed E-state index contributed by atoms with van der Waals surface area (Å²) < 4.78 is 0. The van der Waals surface area contributed by atoms with Gasteiger partial charge in [0.15, 0.2) is 0 Å². The summed E-state index contributed by atoms with van der Waals surface area (Å²) in [7, 11) is 1.74. The van der Waals surface area contributed by atoms with Crippen LogP contribution in [0.3, 0.4) is 0 Å². The van der Waals surface area contributed by atoms with E-state index < -0.39 is 0 Å². The van der Waals surface area contributed by atoms with Crippen LogP contribution in [0.15, 0.2) is 0 Å². The summed E-state index contributed by atoms with van der Waals surface area (Å²) in [5.74, 6) is 0.850. The Morgan fingerprint density at radius 3 is 2.69 bits per heavy atom. The Morgan fingerprint density at radius 2 is 2.12 bits per heavy atom. The lowest BCUT2D eigenvalue weighted by atomic mass is 9.99. The van der Waals surface area contributed by atoms with Crippen LogP contribution in [0.25, 0.3) is 0 Å². The first-order valence-electron chi connectivity index (χ1n) is 6.14. The minimum absolute atomic E-state index is 0.100. The fourth-order valence-corrected chi connectivity index (χ4v) is 2.69. The molecule has 0 spiro atoms. The molecule has 2 aliphatic heterocycles. The molecule has 2 fully saturated rings. The van der Waals surface area contributed by atoms with E-state index in [1.54, 1.807) is 11.9 Å². The zero-order chi connectivity index (χ0) is 11.7. The topological polar surface area (TPSA) is 40.6 Å². The zero-order valence-electron chi connectivity index (χ0n) is 10.1. The molecule has 4 heteroatoms. The number of carbonyl (C=O) groups is 2. The van der Waals surface area contributed by atoms with Gasteiger partial charge in [0, 0.05) is 26.6 Å². The van der Waals surface area contributed by atoms with Crippen LogP contribution in [0.5, 0.6) is 0 Å². The van der Waals surface area contributed by atoms with Crippen molar-refractivity contribution in [3.8, 4) is 0 Å². The largest absolute Gasteiger partial charge is 0.341 e. The van der Waals surface area contributed by atoms with Gasteiger partial charge in [-0.3, -0.25) is 9.59 Å². The van der Waals surface area contributed by atoms with Crippen molar-refractivity contribution in [3.63, 3.8) is 0 Å². The highest BCUT2D eigenvalue weighted by atomic mass is 16.2. The third-order valence-corrected chi connectivity index (χ3v) is 3.75. The number of likely N-dealkylation sites (N-methyl/N-ethyl adjacent to an activating group) is 1. The Balaban J connectivity index is 1.99. The van der Waals surface area contributed by atoms with Gasteiger partial charge in [-0.05, 0) is 25.2 Å². The second-order valence-electron chi connectivity index (χ2n) is 5.09. The molecule has 0 saturated carbocycles. The van der Waals surface area contributed by atoms with E-state index in [0.29, 0.717) is 18.8 Å². The lowest BCUT2D eigenvalue weighted by molar-refractivity contribution is -0.141. The predicted octanol–water partition coefficient (Wildman–Crippen LogP) is 0.866. The summed E-state index contributed by atoms with van der Waals surface area (Å²) in [6.45, 7) is 3.90. The SMILES string of the molecule is CC1CCCN(C(=O)C2CCC(=O)N2C)C1. The molecule has 2 atom stereocenters. The van der Waals surface area contributed by atoms with Crippen molar-refractivity contribution in [2.45, 2.75) is 38.6 Å². The Bertz CT molecular complexity index is 303. The first-order chi connectivity index (χ1) is 7.59. The van der Waals surface area contributed by atoms with Crippen molar-refractivity contribution >= 4 is 11.8 Å². The smallest absolute Gasteiger partial charge is 0.245 e. The minimum Gasteiger partial charge on any atom is -0.341 e. The molecule has 0 bridgehead atoms. The van der Waals surface area contributed by atoms with Gasteiger partial charge in [0.2, 0.25) is 11.8 Å². The molecule has 0 radical (unpaired) electrons. The van der Waals surface area contributed by atoms with Gasteiger partial charge in [-0.2, -0.15) is 0 Å². The van der Waals surface area contributed by atoms with Gasteiger partial charge in [0.1, 0.15) is 6.04 Å². The van der Waals surface area contributed by atoms with E-state index >= 15 is 0 Å². The van der Waals surface area contributed by atoms with Crippen molar-refractivity contribution < 1.29 is 9.59 Å². The molecular formula is C12H20N2O2. The second-order valence-corrected chi connectivity index (χ2v) is 5.09. The fraction of sp³-hybridized carbons (Fsp3) is 0.833. The lowest BCUT2D eigenvalue weighted by Crippen LogP contribution is -2.48. The summed E-state index contributed by atoms with van der Waals surface area (Å²) in [5, 5.41) is 0. The monoisotopic (exact) mass is 224 g/mol. The van der Waals surface area contributed by atoms with Crippen LogP contribution in [0.1, 0.15) is 32.6 Å². The number of likely N-dealkylation sites (tertiary alicyclic amines) is 2. The highest BCUT2D eigenvalue weighted by molar-refractivity contribution is 5.90. The van der Waals surface area contributed by atoms with Gasteiger partial charge >= 0.3 is 0 Å². The molecule has 2 unspecified atom stereocenters. The molecule has 16 heavy (non-hydrogen) atoms. The number of hydrogen-bond donors (Lipinski definition) is 0. The average molecular weight is 224 g/mol. The third kappa shape index (κ3) is 2.06. The third-order valence-electron chi connectivity index (χ3n) is 3.75. The summed E-state index contributed by atoms with van der Waals surface area (Å²) >= 11 is 0. The molecule has 0 aliphatic carbocycles. The number of piperidine rings is 1. The lowest BCUT2D eigenvalue weighted by Gasteiger charge is -2.34. The average Bonchev–Trinajstić information content (AvgIpc) is 2.59. The number of hydrogen-bond acceptors (Lipinski definition) is 2. The number of carbonyl (C=O) groups excluding carboxylic acids is 2. The molecule has 2 rings (SSSR count). The molecular weight excluding hydrogens is 204 g/mol. The Labute approximate surface area is 96.6 Å². The van der Waals surface area contributed by atoms with Gasteiger partial charge in [0.05, 0.1) is 0 Å². The van der Waals surface area contributed by atoms with E-state index in [4.69, 9.17) is 0 Å². The Hall–Kier alpha value is -1.06. The van der Waals surface area contributed by atoms with Gasteiger partial charge in [0.25, 0.3) is 0 Å². The van der Waals surface area contributed by atoms with Crippen molar-refractivity contribution in [3.05, 3.63) is 0 Å². The van der Waals surface area contributed by atoms with E-state index in [1.807, 2.05) is 4.90 Å². The summed E-state index contributed by atoms with van der Waals surface area (Å²) in [4.78, 5) is 27.2. The van der Waals surface area contributed by atoms with E-state index in [1.165, 1.54) is 6.42 Å². The molecule has 4 nitrogen and oxygen atoms in total. The van der Waals surface area contributed by atoms with Crippen LogP contribution in [-0.2, 0) is 9.59 Å². The highest BCUT2D eigenvalue weighted by Crippen LogP contribution is 2.22. The molecule has 0 N–H and O–H groups in total. The van der Waals surface area contributed by atoms with Crippen LogP contribution in [0.2, 0.25) is 0 Å². The van der Waals surface area contributed by atoms with Gasteiger partial charge in [-0.1, -0.05) is 6.92 Å². The van der Waals surface area contributed by atoms with Crippen molar-refractivity contribution in [2.75, 3.05) is 20.1 Å². The van der Waals surface area contributed by atoms with Crippen LogP contribution < -0.4 is 0 Å². The van der Waals surface area contributed by atoms with Crippen LogP contribution in [-0.4, -0.2) is 47.8 Å². The molecule has 0 aromatic carbocycles. The van der Waals surface area contributed by atoms with E-state index in [-0.39, 0.29) is 17.9 Å². The quantitative estimate of drug-likeness (QED) is 0.663. The van der Waals surface area contributed by atoms with Crippen molar-refractivity contribution in [1.29, 1.82) is 0 Å². The normalized spacial score (nSPS) is 31.0. The molecule has 90 valence electrons. The van der Waals surface area contributed by atoms with Gasteiger partial charge < -0.3 is 9.80 Å². The number of rotatable bonds is 1. The van der Waals surface area contributed by atoms with Crippen LogP contribution >= 0.6 is 0 Å². The highest BCUT2D eigenvalue weighted by Gasteiger charge is 2.36. The molecule has 2 heterocycles. The van der Waals surface area contributed by atoms with Crippen LogP contribution in [0, 0.1) is 5.92 Å². The van der Waals surface area contributed by atoms with E-state index in [0.717, 1.165) is 19.5 Å². The predicted molar refractivity (Wildman–Crippen MR) is 60.8 cm³/mol. The zero-order valence-corrected chi connectivity index (χ0v) is 10.1. The van der Waals surface area contributed by atoms with E-state index in [2.05, 4.69) is 6.92 Å². The standard InChI is InChI=1S/C12H20N2O2/c1-9-4-3-7-14(8-9)12(16)10-5-6-11(15)13(10)2/h9-10H,3-8H2,1-2H3. The first kappa shape index (κ1) is 11.4. The molecule has 0 aromatic heterocycles. The first-order valence-corrected chi connectivity index (χ1v) is 6.14. The van der Waals surface area contributed by atoms with Crippen molar-refractivity contribution in [1.82, 2.24) is 9.80 Å². The van der Waals surface area contributed by atoms with Gasteiger partial charge in [-0.25, -0.2) is 0 Å². The fourth-order valence-electron chi connectivity index (χ4n) is 2.69. The maximum absolute atomic E-state index is 12.2. The summed E-state index contributed by atoms with van der Waals surface area (Å²) in [6.07, 6.45) is 3.52. The number of amides is 2.